The van der Waals surface area contributed by atoms with E-state index in [1.54, 1.807) is 23.1 Å². The van der Waals surface area contributed by atoms with E-state index in [0.717, 1.165) is 5.69 Å². The van der Waals surface area contributed by atoms with E-state index >= 15 is 0 Å². The number of hydrogen-bond donors (Lipinski definition) is 1. The van der Waals surface area contributed by atoms with E-state index < -0.39 is 0 Å². The SMILES string of the molecule is O=C1C(Nc2cncc(Cl)n2)CCN1c1ccc(Cl)c(Cl)c1. The van der Waals surface area contributed by atoms with Crippen molar-refractivity contribution in [3.8, 4) is 0 Å². The number of hydrogen-bond acceptors (Lipinski definition) is 4. The van der Waals surface area contributed by atoms with Crippen molar-refractivity contribution in [3.05, 3.63) is 45.8 Å². The summed E-state index contributed by atoms with van der Waals surface area (Å²) in [5.74, 6) is 0.419. The van der Waals surface area contributed by atoms with Gasteiger partial charge in [-0.3, -0.25) is 9.78 Å². The second kappa shape index (κ2) is 6.28. The Labute approximate surface area is 142 Å². The minimum absolute atomic E-state index is 0.0554. The van der Waals surface area contributed by atoms with Crippen LogP contribution in [0.5, 0.6) is 0 Å². The summed E-state index contributed by atoms with van der Waals surface area (Å²) < 4.78 is 0. The maximum Gasteiger partial charge on any atom is 0.249 e. The Morgan fingerprint density at radius 1 is 1.18 bits per heavy atom. The molecule has 1 amide bonds. The van der Waals surface area contributed by atoms with Crippen LogP contribution in [0.3, 0.4) is 0 Å². The quantitative estimate of drug-likeness (QED) is 0.911. The predicted molar refractivity (Wildman–Crippen MR) is 87.9 cm³/mol. The van der Waals surface area contributed by atoms with Crippen molar-refractivity contribution in [2.24, 2.45) is 0 Å². The summed E-state index contributed by atoms with van der Waals surface area (Å²) >= 11 is 17.7. The molecule has 2 heterocycles. The first-order valence-corrected chi connectivity index (χ1v) is 7.68. The first-order chi connectivity index (χ1) is 10.5. The molecular weight excluding hydrogens is 347 g/mol. The van der Waals surface area contributed by atoms with Crippen molar-refractivity contribution in [2.75, 3.05) is 16.8 Å². The molecule has 1 aliphatic heterocycles. The highest BCUT2D eigenvalue weighted by molar-refractivity contribution is 6.42. The Morgan fingerprint density at radius 3 is 2.73 bits per heavy atom. The summed E-state index contributed by atoms with van der Waals surface area (Å²) in [5.41, 5.74) is 0.723. The zero-order valence-electron chi connectivity index (χ0n) is 11.3. The average Bonchev–Trinajstić information content (AvgIpc) is 2.83. The zero-order valence-corrected chi connectivity index (χ0v) is 13.5. The van der Waals surface area contributed by atoms with Crippen LogP contribution < -0.4 is 10.2 Å². The number of nitrogens with one attached hydrogen (secondary N) is 1. The Morgan fingerprint density at radius 2 is 2.00 bits per heavy atom. The molecule has 3 rings (SSSR count). The van der Waals surface area contributed by atoms with Gasteiger partial charge in [-0.1, -0.05) is 34.8 Å². The van der Waals surface area contributed by atoms with Crippen LogP contribution in [0.4, 0.5) is 11.5 Å². The number of amides is 1. The number of carbonyl (C=O) groups excluding carboxylic acids is 1. The average molecular weight is 358 g/mol. The molecule has 0 aliphatic carbocycles. The molecule has 0 radical (unpaired) electrons. The van der Waals surface area contributed by atoms with Crippen molar-refractivity contribution in [1.29, 1.82) is 0 Å². The zero-order chi connectivity index (χ0) is 15.7. The monoisotopic (exact) mass is 356 g/mol. The maximum absolute atomic E-state index is 12.5. The van der Waals surface area contributed by atoms with Gasteiger partial charge in [0, 0.05) is 12.2 Å². The lowest BCUT2D eigenvalue weighted by atomic mass is 10.2. The van der Waals surface area contributed by atoms with E-state index in [2.05, 4.69) is 15.3 Å². The molecule has 2 aromatic rings. The molecule has 1 fully saturated rings. The topological polar surface area (TPSA) is 58.1 Å². The molecule has 5 nitrogen and oxygen atoms in total. The van der Waals surface area contributed by atoms with E-state index in [0.29, 0.717) is 28.8 Å². The lowest BCUT2D eigenvalue weighted by Gasteiger charge is -2.18. The third kappa shape index (κ3) is 3.11. The van der Waals surface area contributed by atoms with Gasteiger partial charge in [-0.05, 0) is 24.6 Å². The molecule has 1 aromatic heterocycles. The Hall–Kier alpha value is -1.56. The summed E-state index contributed by atoms with van der Waals surface area (Å²) in [6.45, 7) is 0.586. The lowest BCUT2D eigenvalue weighted by molar-refractivity contribution is -0.117. The number of anilines is 2. The van der Waals surface area contributed by atoms with E-state index in [9.17, 15) is 4.79 Å². The molecule has 1 N–H and O–H groups in total. The largest absolute Gasteiger partial charge is 0.357 e. The molecule has 0 bridgehead atoms. The van der Waals surface area contributed by atoms with Gasteiger partial charge >= 0.3 is 0 Å². The number of benzene rings is 1. The minimum Gasteiger partial charge on any atom is -0.357 e. The van der Waals surface area contributed by atoms with Crippen LogP contribution in [0.25, 0.3) is 0 Å². The fourth-order valence-corrected chi connectivity index (χ4v) is 2.75. The van der Waals surface area contributed by atoms with Gasteiger partial charge < -0.3 is 10.2 Å². The minimum atomic E-state index is -0.373. The van der Waals surface area contributed by atoms with Crippen LogP contribution in [0.2, 0.25) is 15.2 Å². The first-order valence-electron chi connectivity index (χ1n) is 6.55. The molecule has 0 saturated carbocycles. The van der Waals surface area contributed by atoms with Crippen molar-refractivity contribution in [1.82, 2.24) is 9.97 Å². The number of rotatable bonds is 3. The predicted octanol–water partition coefficient (Wildman–Crippen LogP) is 3.65. The van der Waals surface area contributed by atoms with Gasteiger partial charge in [0.05, 0.1) is 22.4 Å². The van der Waals surface area contributed by atoms with Crippen LogP contribution in [-0.4, -0.2) is 28.5 Å². The van der Waals surface area contributed by atoms with E-state index in [1.807, 2.05) is 0 Å². The van der Waals surface area contributed by atoms with Crippen LogP contribution in [-0.2, 0) is 4.79 Å². The van der Waals surface area contributed by atoms with Crippen LogP contribution >= 0.6 is 34.8 Å². The summed E-state index contributed by atoms with van der Waals surface area (Å²) in [6, 6.07) is 4.76. The van der Waals surface area contributed by atoms with Gasteiger partial charge in [0.15, 0.2) is 0 Å². The summed E-state index contributed by atoms with van der Waals surface area (Å²) in [4.78, 5) is 22.2. The van der Waals surface area contributed by atoms with Gasteiger partial charge in [0.25, 0.3) is 0 Å². The molecule has 1 atom stereocenters. The highest BCUT2D eigenvalue weighted by Gasteiger charge is 2.33. The van der Waals surface area contributed by atoms with Crippen LogP contribution in [0.15, 0.2) is 30.6 Å². The lowest BCUT2D eigenvalue weighted by Crippen LogP contribution is -2.33. The molecular formula is C14H11Cl3N4O. The Bertz CT molecular complexity index is 725. The van der Waals surface area contributed by atoms with Gasteiger partial charge in [0.1, 0.15) is 17.0 Å². The molecule has 0 spiro atoms. The summed E-state index contributed by atoms with van der Waals surface area (Å²) in [5, 5.41) is 4.20. The fourth-order valence-electron chi connectivity index (χ4n) is 2.31. The van der Waals surface area contributed by atoms with Crippen molar-refractivity contribution in [2.45, 2.75) is 12.5 Å². The summed E-state index contributed by atoms with van der Waals surface area (Å²) in [6.07, 6.45) is 3.61. The molecule has 1 unspecified atom stereocenters. The number of halogens is 3. The Kier molecular flexibility index (Phi) is 4.38. The smallest absolute Gasteiger partial charge is 0.249 e. The van der Waals surface area contributed by atoms with Crippen LogP contribution in [0.1, 0.15) is 6.42 Å². The number of carbonyl (C=O) groups is 1. The summed E-state index contributed by atoms with van der Waals surface area (Å²) in [7, 11) is 0. The first kappa shape index (κ1) is 15.3. The van der Waals surface area contributed by atoms with Crippen molar-refractivity contribution >= 4 is 52.2 Å². The number of aromatic nitrogens is 2. The molecule has 22 heavy (non-hydrogen) atoms. The van der Waals surface area contributed by atoms with E-state index in [4.69, 9.17) is 34.8 Å². The standard InChI is InChI=1S/C14H11Cl3N4O/c15-9-2-1-8(5-10(9)16)21-4-3-11(14(21)22)19-13-7-18-6-12(17)20-13/h1-2,5-7,11H,3-4H2,(H,19,20). The third-order valence-electron chi connectivity index (χ3n) is 3.35. The molecule has 1 aromatic carbocycles. The van der Waals surface area contributed by atoms with Crippen molar-refractivity contribution < 1.29 is 4.79 Å². The maximum atomic E-state index is 12.5. The highest BCUT2D eigenvalue weighted by Crippen LogP contribution is 2.30. The van der Waals surface area contributed by atoms with Gasteiger partial charge in [0.2, 0.25) is 5.91 Å². The van der Waals surface area contributed by atoms with E-state index in [-0.39, 0.29) is 17.1 Å². The fraction of sp³-hybridized carbons (Fsp3) is 0.214. The van der Waals surface area contributed by atoms with Gasteiger partial charge in [-0.15, -0.1) is 0 Å². The van der Waals surface area contributed by atoms with E-state index in [1.165, 1.54) is 12.4 Å². The molecule has 1 saturated heterocycles. The van der Waals surface area contributed by atoms with Gasteiger partial charge in [-0.25, -0.2) is 4.98 Å². The highest BCUT2D eigenvalue weighted by atomic mass is 35.5. The number of nitrogens with zero attached hydrogens (tertiary/aromatic N) is 3. The van der Waals surface area contributed by atoms with Crippen LogP contribution in [0, 0.1) is 0 Å². The molecule has 114 valence electrons. The molecule has 8 heteroatoms. The van der Waals surface area contributed by atoms with Crippen molar-refractivity contribution in [3.63, 3.8) is 0 Å². The molecule has 1 aliphatic rings. The second-order valence-corrected chi connectivity index (χ2v) is 6.00. The van der Waals surface area contributed by atoms with Gasteiger partial charge in [-0.2, -0.15) is 0 Å². The Balaban J connectivity index is 1.75. The second-order valence-electron chi connectivity index (χ2n) is 4.80. The normalized spacial score (nSPS) is 17.9. The third-order valence-corrected chi connectivity index (χ3v) is 4.27.